The minimum Gasteiger partial charge on any atom is -0.768 e. The van der Waals surface area contributed by atoms with Gasteiger partial charge in [-0.05, 0) is 35.3 Å². The molecule has 0 bridgehead atoms. The van der Waals surface area contributed by atoms with Crippen LogP contribution in [0.5, 0.6) is 0 Å². The van der Waals surface area contributed by atoms with Gasteiger partial charge in [0.2, 0.25) is 0 Å². The van der Waals surface area contributed by atoms with Crippen LogP contribution in [0.15, 0.2) is 58.8 Å². The van der Waals surface area contributed by atoms with E-state index in [4.69, 9.17) is 0 Å². The maximum Gasteiger partial charge on any atom is 1.00 e. The number of alkyl halides is 3. The van der Waals surface area contributed by atoms with Gasteiger partial charge in [-0.3, -0.25) is 4.21 Å². The van der Waals surface area contributed by atoms with Crippen molar-refractivity contribution in [1.29, 1.82) is 0 Å². The van der Waals surface area contributed by atoms with Crippen molar-refractivity contribution in [2.45, 2.75) is 11.1 Å². The van der Waals surface area contributed by atoms with Gasteiger partial charge < -0.3 is 4.55 Å². The molecule has 0 saturated heterocycles. The normalized spacial score (nSPS) is 12.5. The molecule has 0 saturated carbocycles. The molecule has 1 heterocycles. The number of aromatic nitrogens is 1. The number of hydrogen-bond acceptors (Lipinski definition) is 4. The third kappa shape index (κ3) is 4.60. The van der Waals surface area contributed by atoms with Crippen LogP contribution in [-0.2, 0) is 17.3 Å². The first-order valence-corrected chi connectivity index (χ1v) is 8.63. The molecule has 0 aliphatic heterocycles. The molecule has 1 aromatic heterocycles. The molecule has 25 heavy (non-hydrogen) atoms. The molecule has 1 unspecified atom stereocenters. The van der Waals surface area contributed by atoms with Gasteiger partial charge in [0.1, 0.15) is 5.01 Å². The standard InChI is InChI=1S/C16H10F3NO2S2.Li/c17-16(18,19)12-5-1-10(2-6-12)14-9-23-15(20-14)11-3-7-13(8-4-11)24(21)22;/h1-9H,(H,21,22);/q;+1/p-1. The summed E-state index contributed by atoms with van der Waals surface area (Å²) in [6.07, 6.45) is -4.37. The van der Waals surface area contributed by atoms with Crippen molar-refractivity contribution in [1.82, 2.24) is 4.98 Å². The number of benzene rings is 2. The van der Waals surface area contributed by atoms with Gasteiger partial charge >= 0.3 is 25.0 Å². The van der Waals surface area contributed by atoms with Crippen LogP contribution >= 0.6 is 11.3 Å². The molecule has 3 nitrogen and oxygen atoms in total. The van der Waals surface area contributed by atoms with Gasteiger partial charge in [-0.2, -0.15) is 13.2 Å². The van der Waals surface area contributed by atoms with Crippen LogP contribution in [-0.4, -0.2) is 13.7 Å². The fourth-order valence-electron chi connectivity index (χ4n) is 2.08. The fraction of sp³-hybridized carbons (Fsp3) is 0.0625. The molecule has 124 valence electrons. The Hall–Kier alpha value is -1.43. The Bertz CT molecular complexity index is 878. The number of hydrogen-bond donors (Lipinski definition) is 0. The number of thiazole rings is 1. The topological polar surface area (TPSA) is 53.0 Å². The molecule has 0 N–H and O–H groups in total. The van der Waals surface area contributed by atoms with Crippen molar-refractivity contribution < 1.29 is 40.8 Å². The SMILES string of the molecule is O=S([O-])c1ccc(-c2nc(-c3ccc(C(F)(F)F)cc3)cs2)cc1.[Li+]. The second-order valence-corrected chi connectivity index (χ2v) is 6.67. The molecule has 9 heteroatoms. The van der Waals surface area contributed by atoms with E-state index in [0.29, 0.717) is 16.3 Å². The smallest absolute Gasteiger partial charge is 0.768 e. The minimum atomic E-state index is -4.37. The summed E-state index contributed by atoms with van der Waals surface area (Å²) in [5.41, 5.74) is 1.19. The van der Waals surface area contributed by atoms with E-state index in [-0.39, 0.29) is 23.8 Å². The van der Waals surface area contributed by atoms with E-state index in [1.165, 1.54) is 35.6 Å². The predicted molar refractivity (Wildman–Crippen MR) is 85.2 cm³/mol. The third-order valence-corrected chi connectivity index (χ3v) is 4.85. The van der Waals surface area contributed by atoms with Crippen LogP contribution in [0.25, 0.3) is 21.8 Å². The molecular weight excluding hydrogens is 366 g/mol. The van der Waals surface area contributed by atoms with Crippen molar-refractivity contribution in [2.24, 2.45) is 0 Å². The first kappa shape index (κ1) is 19.9. The van der Waals surface area contributed by atoms with Gasteiger partial charge in [0.25, 0.3) is 0 Å². The summed E-state index contributed by atoms with van der Waals surface area (Å²) in [5.74, 6) is 0. The van der Waals surface area contributed by atoms with Crippen LogP contribution in [0.3, 0.4) is 0 Å². The van der Waals surface area contributed by atoms with Crippen molar-refractivity contribution >= 4 is 22.4 Å². The Morgan fingerprint density at radius 3 is 2.04 bits per heavy atom. The second kappa shape index (κ2) is 7.85. The van der Waals surface area contributed by atoms with Crippen LogP contribution < -0.4 is 18.9 Å². The van der Waals surface area contributed by atoms with Gasteiger partial charge in [0.05, 0.1) is 11.3 Å². The van der Waals surface area contributed by atoms with Gasteiger partial charge in [0, 0.05) is 21.4 Å². The van der Waals surface area contributed by atoms with Gasteiger partial charge in [-0.15, -0.1) is 11.3 Å². The molecule has 0 aliphatic rings. The van der Waals surface area contributed by atoms with Crippen molar-refractivity contribution in [2.75, 3.05) is 0 Å². The fourth-order valence-corrected chi connectivity index (χ4v) is 3.27. The number of nitrogens with zero attached hydrogens (tertiary/aromatic N) is 1. The van der Waals surface area contributed by atoms with Crippen molar-refractivity contribution in [3.8, 4) is 21.8 Å². The second-order valence-electron chi connectivity index (χ2n) is 4.87. The van der Waals surface area contributed by atoms with E-state index in [1.807, 2.05) is 0 Å². The van der Waals surface area contributed by atoms with E-state index in [2.05, 4.69) is 4.98 Å². The number of rotatable bonds is 3. The monoisotopic (exact) mass is 375 g/mol. The largest absolute Gasteiger partial charge is 1.00 e. The molecule has 3 rings (SSSR count). The zero-order chi connectivity index (χ0) is 17.3. The Labute approximate surface area is 160 Å². The molecule has 0 fully saturated rings. The summed E-state index contributed by atoms with van der Waals surface area (Å²) < 4.78 is 59.4. The quantitative estimate of drug-likeness (QED) is 0.518. The molecule has 0 spiro atoms. The third-order valence-electron chi connectivity index (χ3n) is 3.31. The molecule has 0 radical (unpaired) electrons. The Kier molecular flexibility index (Phi) is 6.24. The summed E-state index contributed by atoms with van der Waals surface area (Å²) in [5, 5.41) is 2.41. The Morgan fingerprint density at radius 1 is 0.960 bits per heavy atom. The van der Waals surface area contributed by atoms with Gasteiger partial charge in [-0.25, -0.2) is 4.98 Å². The van der Waals surface area contributed by atoms with Crippen LogP contribution in [0.4, 0.5) is 13.2 Å². The summed E-state index contributed by atoms with van der Waals surface area (Å²) >= 11 is -0.953. The molecule has 0 amide bonds. The van der Waals surface area contributed by atoms with Gasteiger partial charge in [-0.1, -0.05) is 24.3 Å². The van der Waals surface area contributed by atoms with Crippen molar-refractivity contribution in [3.63, 3.8) is 0 Å². The first-order valence-electron chi connectivity index (χ1n) is 6.67. The Morgan fingerprint density at radius 2 is 1.52 bits per heavy atom. The molecular formula is C16H9F3LiNO2S2. The maximum absolute atomic E-state index is 12.6. The molecule has 1 atom stereocenters. The average molecular weight is 375 g/mol. The van der Waals surface area contributed by atoms with Crippen LogP contribution in [0.1, 0.15) is 5.56 Å². The van der Waals surface area contributed by atoms with E-state index >= 15 is 0 Å². The Balaban J connectivity index is 0.00000225. The van der Waals surface area contributed by atoms with E-state index in [1.54, 1.807) is 17.5 Å². The molecule has 2 aromatic carbocycles. The van der Waals surface area contributed by atoms with E-state index < -0.39 is 22.8 Å². The number of halogens is 3. The van der Waals surface area contributed by atoms with Crippen LogP contribution in [0.2, 0.25) is 0 Å². The summed E-state index contributed by atoms with van der Waals surface area (Å²) in [7, 11) is 0. The molecule has 3 aromatic rings. The summed E-state index contributed by atoms with van der Waals surface area (Å²) in [6.45, 7) is 0. The van der Waals surface area contributed by atoms with E-state index in [9.17, 15) is 21.9 Å². The van der Waals surface area contributed by atoms with Crippen molar-refractivity contribution in [3.05, 3.63) is 59.5 Å². The zero-order valence-corrected chi connectivity index (χ0v) is 14.5. The first-order chi connectivity index (χ1) is 11.3. The average Bonchev–Trinajstić information content (AvgIpc) is 3.04. The zero-order valence-electron chi connectivity index (χ0n) is 12.9. The summed E-state index contributed by atoms with van der Waals surface area (Å²) in [4.78, 5) is 4.58. The van der Waals surface area contributed by atoms with Crippen LogP contribution in [0, 0.1) is 0 Å². The maximum atomic E-state index is 12.6. The van der Waals surface area contributed by atoms with E-state index in [0.717, 1.165) is 17.7 Å². The predicted octanol–water partition coefficient (Wildman–Crippen LogP) is 1.74. The molecule has 0 aliphatic carbocycles. The minimum absolute atomic E-state index is 0. The summed E-state index contributed by atoms with van der Waals surface area (Å²) in [6, 6.07) is 11.0. The van der Waals surface area contributed by atoms with Gasteiger partial charge in [0.15, 0.2) is 0 Å².